The van der Waals surface area contributed by atoms with Gasteiger partial charge in [-0.3, -0.25) is 0 Å². The molecule has 0 aliphatic rings. The molecule has 1 unspecified atom stereocenters. The molecule has 3 nitrogen and oxygen atoms in total. The maximum absolute atomic E-state index is 13.4. The lowest BCUT2D eigenvalue weighted by Crippen LogP contribution is -2.19. The van der Waals surface area contributed by atoms with Crippen molar-refractivity contribution in [1.82, 2.24) is 0 Å². The molecule has 0 amide bonds. The number of anilines is 1. The van der Waals surface area contributed by atoms with E-state index in [-0.39, 0.29) is 11.8 Å². The second-order valence-corrected chi connectivity index (χ2v) is 6.59. The molecule has 0 aliphatic heterocycles. The Labute approximate surface area is 134 Å². The normalized spacial score (nSPS) is 12.2. The van der Waals surface area contributed by atoms with Gasteiger partial charge in [0.1, 0.15) is 4.34 Å². The Morgan fingerprint density at radius 2 is 2.25 bits per heavy atom. The average molecular weight is 380 g/mol. The summed E-state index contributed by atoms with van der Waals surface area (Å²) >= 11 is 10.9. The highest BCUT2D eigenvalue weighted by atomic mass is 79.9. The maximum atomic E-state index is 13.4. The molecule has 108 valence electrons. The van der Waals surface area contributed by atoms with Gasteiger partial charge in [-0.05, 0) is 34.1 Å². The Balaban J connectivity index is 2.22. The van der Waals surface area contributed by atoms with Gasteiger partial charge in [0, 0.05) is 27.6 Å². The van der Waals surface area contributed by atoms with Crippen LogP contribution < -0.4 is 15.8 Å². The maximum Gasteiger partial charge on any atom is 0.165 e. The van der Waals surface area contributed by atoms with Crippen LogP contribution in [0.15, 0.2) is 28.7 Å². The number of rotatable bonds is 5. The van der Waals surface area contributed by atoms with Crippen molar-refractivity contribution in [3.05, 3.63) is 43.8 Å². The number of methoxy groups -OCH3 is 1. The second-order valence-electron chi connectivity index (χ2n) is 4.05. The summed E-state index contributed by atoms with van der Waals surface area (Å²) in [5.41, 5.74) is 6.53. The molecule has 7 heteroatoms. The fourth-order valence-electron chi connectivity index (χ4n) is 1.73. The van der Waals surface area contributed by atoms with E-state index in [4.69, 9.17) is 22.1 Å². The molecule has 3 N–H and O–H groups in total. The highest BCUT2D eigenvalue weighted by molar-refractivity contribution is 9.10. The Morgan fingerprint density at radius 3 is 2.80 bits per heavy atom. The van der Waals surface area contributed by atoms with E-state index in [1.54, 1.807) is 12.1 Å². The van der Waals surface area contributed by atoms with Crippen molar-refractivity contribution in [2.75, 3.05) is 19.0 Å². The molecule has 1 atom stereocenters. The smallest absolute Gasteiger partial charge is 0.165 e. The fraction of sp³-hybridized carbons (Fsp3) is 0.231. The molecular formula is C13H13BrClFN2OS. The van der Waals surface area contributed by atoms with Crippen LogP contribution in [0.1, 0.15) is 10.9 Å². The van der Waals surface area contributed by atoms with Gasteiger partial charge in [0.25, 0.3) is 0 Å². The number of ether oxygens (including phenoxy) is 1. The highest BCUT2D eigenvalue weighted by Crippen LogP contribution is 2.36. The largest absolute Gasteiger partial charge is 0.494 e. The molecule has 0 saturated heterocycles. The van der Waals surface area contributed by atoms with Crippen LogP contribution in [-0.4, -0.2) is 13.7 Å². The van der Waals surface area contributed by atoms with Crippen LogP contribution in [0.3, 0.4) is 0 Å². The van der Waals surface area contributed by atoms with E-state index in [1.165, 1.54) is 24.5 Å². The zero-order valence-corrected chi connectivity index (χ0v) is 13.8. The Hall–Kier alpha value is -0.820. The summed E-state index contributed by atoms with van der Waals surface area (Å²) in [6.07, 6.45) is 0. The van der Waals surface area contributed by atoms with E-state index < -0.39 is 5.82 Å². The van der Waals surface area contributed by atoms with Crippen molar-refractivity contribution in [1.29, 1.82) is 0 Å². The third kappa shape index (κ3) is 3.44. The van der Waals surface area contributed by atoms with Crippen molar-refractivity contribution < 1.29 is 9.13 Å². The number of nitrogens with two attached hydrogens (primary N) is 1. The van der Waals surface area contributed by atoms with Crippen LogP contribution in [0, 0.1) is 5.82 Å². The molecule has 1 aromatic heterocycles. The van der Waals surface area contributed by atoms with Crippen LogP contribution in [0.5, 0.6) is 5.75 Å². The molecule has 0 spiro atoms. The third-order valence-corrected chi connectivity index (χ3v) is 5.32. The number of benzene rings is 1. The van der Waals surface area contributed by atoms with Crippen LogP contribution >= 0.6 is 38.9 Å². The molecule has 2 rings (SSSR count). The Morgan fingerprint density at radius 1 is 1.50 bits per heavy atom. The summed E-state index contributed by atoms with van der Waals surface area (Å²) in [7, 11) is 1.43. The van der Waals surface area contributed by atoms with E-state index in [1.807, 2.05) is 6.07 Å². The molecule has 0 fully saturated rings. The lowest BCUT2D eigenvalue weighted by molar-refractivity contribution is 0.387. The van der Waals surface area contributed by atoms with Gasteiger partial charge < -0.3 is 15.8 Å². The van der Waals surface area contributed by atoms with Crippen molar-refractivity contribution >= 4 is 44.6 Å². The van der Waals surface area contributed by atoms with Crippen LogP contribution in [0.4, 0.5) is 10.1 Å². The van der Waals surface area contributed by atoms with Gasteiger partial charge in [-0.15, -0.1) is 11.3 Å². The first-order chi connectivity index (χ1) is 9.55. The minimum absolute atomic E-state index is 0.0982. The standard InChI is InChI=1S/C13H13BrClFN2OS/c1-19-11-4-7(2-3-9(11)16)18-10(6-17)12-5-8(14)13(15)20-12/h2-5,10,18H,6,17H2,1H3. The lowest BCUT2D eigenvalue weighted by atomic mass is 10.2. The number of halogens is 3. The van der Waals surface area contributed by atoms with Crippen molar-refractivity contribution in [2.45, 2.75) is 6.04 Å². The van der Waals surface area contributed by atoms with Gasteiger partial charge >= 0.3 is 0 Å². The van der Waals surface area contributed by atoms with Gasteiger partial charge in [-0.2, -0.15) is 0 Å². The predicted octanol–water partition coefficient (Wildman–Crippen LogP) is 4.42. The second kappa shape index (κ2) is 6.76. The Kier molecular flexibility index (Phi) is 5.26. The zero-order valence-electron chi connectivity index (χ0n) is 10.6. The van der Waals surface area contributed by atoms with Crippen molar-refractivity contribution in [3.8, 4) is 5.75 Å². The van der Waals surface area contributed by atoms with E-state index >= 15 is 0 Å². The molecule has 1 heterocycles. The summed E-state index contributed by atoms with van der Waals surface area (Å²) in [4.78, 5) is 1.01. The lowest BCUT2D eigenvalue weighted by Gasteiger charge is -2.17. The summed E-state index contributed by atoms with van der Waals surface area (Å²) in [6, 6.07) is 6.43. The topological polar surface area (TPSA) is 47.3 Å². The number of hydrogen-bond acceptors (Lipinski definition) is 4. The van der Waals surface area contributed by atoms with Crippen LogP contribution in [-0.2, 0) is 0 Å². The number of hydrogen-bond donors (Lipinski definition) is 2. The molecule has 20 heavy (non-hydrogen) atoms. The van der Waals surface area contributed by atoms with Crippen molar-refractivity contribution in [3.63, 3.8) is 0 Å². The number of nitrogens with one attached hydrogen (secondary N) is 1. The van der Waals surface area contributed by atoms with E-state index in [0.29, 0.717) is 10.9 Å². The molecule has 0 radical (unpaired) electrons. The molecule has 0 aliphatic carbocycles. The molecule has 0 saturated carbocycles. The van der Waals surface area contributed by atoms with Gasteiger partial charge in [0.15, 0.2) is 11.6 Å². The molecule has 2 aromatic rings. The summed E-state index contributed by atoms with van der Waals surface area (Å²) in [5.74, 6) is -0.208. The zero-order chi connectivity index (χ0) is 14.7. The average Bonchev–Trinajstić information content (AvgIpc) is 2.77. The molecule has 1 aromatic carbocycles. The van der Waals surface area contributed by atoms with Crippen LogP contribution in [0.2, 0.25) is 4.34 Å². The van der Waals surface area contributed by atoms with Gasteiger partial charge in [0.2, 0.25) is 0 Å². The predicted molar refractivity (Wildman–Crippen MR) is 85.4 cm³/mol. The van der Waals surface area contributed by atoms with E-state index in [0.717, 1.165) is 15.0 Å². The monoisotopic (exact) mass is 378 g/mol. The highest BCUT2D eigenvalue weighted by Gasteiger charge is 2.15. The molecular weight excluding hydrogens is 367 g/mol. The van der Waals surface area contributed by atoms with E-state index in [2.05, 4.69) is 21.2 Å². The quantitative estimate of drug-likeness (QED) is 0.808. The van der Waals surface area contributed by atoms with Gasteiger partial charge in [-0.1, -0.05) is 11.6 Å². The summed E-state index contributed by atoms with van der Waals surface area (Å²) in [5, 5.41) is 3.25. The van der Waals surface area contributed by atoms with Gasteiger partial charge in [0.05, 0.1) is 13.2 Å². The fourth-order valence-corrected chi connectivity index (χ4v) is 3.53. The Bertz CT molecular complexity index is 589. The first-order valence-electron chi connectivity index (χ1n) is 5.80. The first-order valence-corrected chi connectivity index (χ1v) is 7.78. The van der Waals surface area contributed by atoms with E-state index in [9.17, 15) is 4.39 Å². The first kappa shape index (κ1) is 15.6. The summed E-state index contributed by atoms with van der Waals surface area (Å²) in [6.45, 7) is 0.392. The SMILES string of the molecule is COc1cc(NC(CN)c2cc(Br)c(Cl)s2)ccc1F. The van der Waals surface area contributed by atoms with Crippen molar-refractivity contribution in [2.24, 2.45) is 5.73 Å². The summed E-state index contributed by atoms with van der Waals surface area (Å²) < 4.78 is 19.8. The molecule has 0 bridgehead atoms. The minimum Gasteiger partial charge on any atom is -0.494 e. The number of thiophene rings is 1. The van der Waals surface area contributed by atoms with Gasteiger partial charge in [-0.25, -0.2) is 4.39 Å². The third-order valence-electron chi connectivity index (χ3n) is 2.74. The minimum atomic E-state index is -0.399. The van der Waals surface area contributed by atoms with Crippen LogP contribution in [0.25, 0.3) is 0 Å².